The molecular formula is C30H39N19O6. The van der Waals surface area contributed by atoms with Crippen LogP contribution in [-0.2, 0) is 34.0 Å². The van der Waals surface area contributed by atoms with E-state index in [0.717, 1.165) is 0 Å². The van der Waals surface area contributed by atoms with Crippen molar-refractivity contribution in [1.29, 1.82) is 0 Å². The number of nitrogens with two attached hydrogens (primary N) is 3. The highest BCUT2D eigenvalue weighted by atomic mass is 16.2. The van der Waals surface area contributed by atoms with Crippen LogP contribution in [0.1, 0.15) is 19.3 Å². The SMILES string of the molecule is Nc1nc2c(ncn2CCC(=O)NCCN(CCNC(=O)CCn2cnc3c(=O)[nH]c(N)nc32)CCNC(=O)CCn2cnc3c(=O)[nH]c(N)nc32)c(=O)[nH]1. The first kappa shape index (κ1) is 37.6. The molecule has 0 aliphatic heterocycles. The lowest BCUT2D eigenvalue weighted by atomic mass is 10.3. The molecule has 0 aliphatic rings. The number of hydrogen-bond acceptors (Lipinski definition) is 16. The Morgan fingerprint density at radius 1 is 0.545 bits per heavy atom. The predicted octanol–water partition coefficient (Wildman–Crippen LogP) is -4.05. The zero-order valence-corrected chi connectivity index (χ0v) is 29.4. The van der Waals surface area contributed by atoms with Gasteiger partial charge in [0.15, 0.2) is 33.5 Å². The summed E-state index contributed by atoms with van der Waals surface area (Å²) in [5.74, 6) is -0.936. The molecule has 0 unspecified atom stereocenters. The number of hydrogen-bond donors (Lipinski definition) is 9. The molecule has 6 aromatic heterocycles. The fourth-order valence-electron chi connectivity index (χ4n) is 5.73. The molecule has 6 heterocycles. The van der Waals surface area contributed by atoms with Gasteiger partial charge in [0.2, 0.25) is 35.6 Å². The molecule has 6 rings (SSSR count). The van der Waals surface area contributed by atoms with Gasteiger partial charge in [-0.05, 0) is 0 Å². The topological polar surface area (TPSA) is 359 Å². The van der Waals surface area contributed by atoms with Crippen LogP contribution in [0.25, 0.3) is 33.5 Å². The lowest BCUT2D eigenvalue weighted by Gasteiger charge is -2.23. The average molecular weight is 762 g/mol. The van der Waals surface area contributed by atoms with E-state index in [0.29, 0.717) is 19.6 Å². The maximum absolute atomic E-state index is 12.7. The van der Waals surface area contributed by atoms with Gasteiger partial charge < -0.3 is 46.9 Å². The summed E-state index contributed by atoms with van der Waals surface area (Å²) in [7, 11) is 0. The minimum Gasteiger partial charge on any atom is -0.369 e. The first-order valence-corrected chi connectivity index (χ1v) is 17.1. The summed E-state index contributed by atoms with van der Waals surface area (Å²) >= 11 is 0. The van der Waals surface area contributed by atoms with E-state index in [4.69, 9.17) is 17.2 Å². The number of carbonyl (C=O) groups is 3. The van der Waals surface area contributed by atoms with Crippen LogP contribution in [0.5, 0.6) is 0 Å². The van der Waals surface area contributed by atoms with Crippen LogP contribution in [0.2, 0.25) is 0 Å². The monoisotopic (exact) mass is 761 g/mol. The van der Waals surface area contributed by atoms with Gasteiger partial charge in [-0.3, -0.25) is 48.6 Å². The summed E-state index contributed by atoms with van der Waals surface area (Å²) in [5, 5.41) is 8.59. The molecule has 0 aliphatic carbocycles. The molecular weight excluding hydrogens is 722 g/mol. The zero-order chi connectivity index (χ0) is 39.1. The van der Waals surface area contributed by atoms with Crippen LogP contribution in [0.3, 0.4) is 0 Å². The highest BCUT2D eigenvalue weighted by molar-refractivity contribution is 5.78. The van der Waals surface area contributed by atoms with Crippen molar-refractivity contribution >= 4 is 69.1 Å². The molecule has 12 N–H and O–H groups in total. The van der Waals surface area contributed by atoms with Crippen molar-refractivity contribution in [3.63, 3.8) is 0 Å². The number of fused-ring (bicyclic) bond motifs is 3. The number of aromatic amines is 3. The number of carbonyl (C=O) groups excluding carboxylic acids is 3. The molecule has 0 bridgehead atoms. The molecule has 3 amide bonds. The Hall–Kier alpha value is -7.18. The summed E-state index contributed by atoms with van der Waals surface area (Å²) in [4.78, 5) is 108. The number of nitrogens with zero attached hydrogens (tertiary/aromatic N) is 10. The maximum Gasteiger partial charge on any atom is 0.280 e. The molecule has 0 saturated heterocycles. The Balaban J connectivity index is 0.982. The second-order valence-electron chi connectivity index (χ2n) is 12.3. The van der Waals surface area contributed by atoms with Gasteiger partial charge in [-0.2, -0.15) is 15.0 Å². The van der Waals surface area contributed by atoms with Crippen LogP contribution in [-0.4, -0.2) is 120 Å². The lowest BCUT2D eigenvalue weighted by Crippen LogP contribution is -2.43. The second-order valence-corrected chi connectivity index (χ2v) is 12.3. The minimum absolute atomic E-state index is 0.0590. The normalized spacial score (nSPS) is 11.5. The van der Waals surface area contributed by atoms with Gasteiger partial charge in [-0.1, -0.05) is 0 Å². The first-order valence-electron chi connectivity index (χ1n) is 17.1. The van der Waals surface area contributed by atoms with E-state index in [1.807, 2.05) is 4.90 Å². The van der Waals surface area contributed by atoms with Crippen molar-refractivity contribution in [1.82, 2.24) is 79.4 Å². The fraction of sp³-hybridized carbons (Fsp3) is 0.400. The van der Waals surface area contributed by atoms with E-state index in [1.165, 1.54) is 19.0 Å². The van der Waals surface area contributed by atoms with Crippen molar-refractivity contribution < 1.29 is 14.4 Å². The molecule has 0 saturated carbocycles. The van der Waals surface area contributed by atoms with Crippen LogP contribution in [0, 0.1) is 0 Å². The molecule has 25 nitrogen and oxygen atoms in total. The molecule has 55 heavy (non-hydrogen) atoms. The van der Waals surface area contributed by atoms with E-state index < -0.39 is 16.7 Å². The summed E-state index contributed by atoms with van der Waals surface area (Å²) in [6, 6.07) is 0. The van der Waals surface area contributed by atoms with E-state index in [1.54, 1.807) is 13.7 Å². The summed E-state index contributed by atoms with van der Waals surface area (Å²) in [5.41, 5.74) is 16.7. The van der Waals surface area contributed by atoms with Crippen molar-refractivity contribution in [2.45, 2.75) is 38.9 Å². The van der Waals surface area contributed by atoms with Crippen molar-refractivity contribution in [3.05, 3.63) is 50.0 Å². The largest absolute Gasteiger partial charge is 0.369 e. The highest BCUT2D eigenvalue weighted by Gasteiger charge is 2.15. The number of nitrogens with one attached hydrogen (secondary N) is 6. The van der Waals surface area contributed by atoms with E-state index in [9.17, 15) is 28.8 Å². The van der Waals surface area contributed by atoms with Gasteiger partial charge >= 0.3 is 0 Å². The van der Waals surface area contributed by atoms with Crippen LogP contribution in [0.4, 0.5) is 17.8 Å². The maximum atomic E-state index is 12.7. The number of amides is 3. The summed E-state index contributed by atoms with van der Waals surface area (Å²) in [6.45, 7) is 2.61. The summed E-state index contributed by atoms with van der Waals surface area (Å²) < 4.78 is 4.71. The van der Waals surface area contributed by atoms with Crippen LogP contribution < -0.4 is 49.8 Å². The molecule has 0 aromatic carbocycles. The number of H-pyrrole nitrogens is 3. The molecule has 0 spiro atoms. The standard InChI is InChI=1S/C30H39N19O6/c31-28-40-22-19(25(53)43-28)37-13-47(22)7-1-16(50)34-4-10-46(11-5-35-17(51)2-8-48-14-38-20-23(48)41-29(32)44-26(20)54)12-6-36-18(52)3-9-49-15-39-21-24(49)42-30(33)45-27(21)55/h13-15H,1-12H2,(H,34,50)(H,35,51)(H,36,52)(H3,31,40,43,53)(H3,32,41,44,54)(H3,33,42,45,55). The lowest BCUT2D eigenvalue weighted by molar-refractivity contribution is -0.122. The quantitative estimate of drug-likeness (QED) is 0.0402. The van der Waals surface area contributed by atoms with Gasteiger partial charge in [0.05, 0.1) is 19.0 Å². The second kappa shape index (κ2) is 16.7. The van der Waals surface area contributed by atoms with Gasteiger partial charge in [0.1, 0.15) is 0 Å². The number of anilines is 3. The molecule has 0 radical (unpaired) electrons. The van der Waals surface area contributed by atoms with E-state index >= 15 is 0 Å². The van der Waals surface area contributed by atoms with Gasteiger partial charge in [-0.25, -0.2) is 15.0 Å². The molecule has 25 heteroatoms. The van der Waals surface area contributed by atoms with E-state index in [2.05, 4.69) is 60.8 Å². The molecule has 0 atom stereocenters. The fourth-order valence-corrected chi connectivity index (χ4v) is 5.73. The Labute approximate surface area is 308 Å². The number of imidazole rings is 3. The molecule has 0 fully saturated rings. The zero-order valence-electron chi connectivity index (χ0n) is 29.4. The number of aromatic nitrogens is 12. The highest BCUT2D eigenvalue weighted by Crippen LogP contribution is 2.09. The van der Waals surface area contributed by atoms with Crippen molar-refractivity contribution in [3.8, 4) is 0 Å². The Morgan fingerprint density at radius 2 is 0.836 bits per heavy atom. The number of rotatable bonds is 18. The van der Waals surface area contributed by atoms with E-state index in [-0.39, 0.29) is 128 Å². The van der Waals surface area contributed by atoms with Crippen LogP contribution in [0.15, 0.2) is 33.4 Å². The summed E-state index contributed by atoms with van der Waals surface area (Å²) in [6.07, 6.45) is 4.49. The number of aryl methyl sites for hydroxylation is 3. The van der Waals surface area contributed by atoms with Crippen LogP contribution >= 0.6 is 0 Å². The minimum atomic E-state index is -0.474. The molecule has 6 aromatic rings. The van der Waals surface area contributed by atoms with Gasteiger partial charge in [-0.15, -0.1) is 0 Å². The van der Waals surface area contributed by atoms with Crippen molar-refractivity contribution in [2.24, 2.45) is 0 Å². The Kier molecular flexibility index (Phi) is 11.4. The third-order valence-corrected chi connectivity index (χ3v) is 8.47. The average Bonchev–Trinajstić information content (AvgIpc) is 3.86. The smallest absolute Gasteiger partial charge is 0.280 e. The first-order chi connectivity index (χ1) is 26.4. The Morgan fingerprint density at radius 3 is 1.13 bits per heavy atom. The number of nitrogen functional groups attached to an aromatic ring is 3. The Bertz CT molecular complexity index is 2250. The third-order valence-electron chi connectivity index (χ3n) is 8.47. The third kappa shape index (κ3) is 9.25. The van der Waals surface area contributed by atoms with Crippen molar-refractivity contribution in [2.75, 3.05) is 56.5 Å². The van der Waals surface area contributed by atoms with Gasteiger partial charge in [0, 0.05) is 78.2 Å². The molecule has 290 valence electrons. The predicted molar refractivity (Wildman–Crippen MR) is 197 cm³/mol. The van der Waals surface area contributed by atoms with Gasteiger partial charge in [0.25, 0.3) is 16.7 Å².